The van der Waals surface area contributed by atoms with Gasteiger partial charge in [0.15, 0.2) is 17.1 Å². The second-order valence-electron chi connectivity index (χ2n) is 7.39. The number of oxazole rings is 1. The van der Waals surface area contributed by atoms with Crippen LogP contribution in [0.1, 0.15) is 5.56 Å². The van der Waals surface area contributed by atoms with Crippen LogP contribution in [0.4, 0.5) is 13.9 Å². The average Bonchev–Trinajstić information content (AvgIpc) is 3.44. The summed E-state index contributed by atoms with van der Waals surface area (Å²) >= 11 is 0.744. The van der Waals surface area contributed by atoms with Crippen molar-refractivity contribution >= 4 is 37.8 Å². The van der Waals surface area contributed by atoms with Gasteiger partial charge in [-0.05, 0) is 36.8 Å². The number of halogens is 2. The third-order valence-electron chi connectivity index (χ3n) is 4.94. The second kappa shape index (κ2) is 8.60. The van der Waals surface area contributed by atoms with E-state index in [1.54, 1.807) is 36.4 Å². The lowest BCUT2D eigenvalue weighted by Gasteiger charge is -2.14. The fourth-order valence-electron chi connectivity index (χ4n) is 3.38. The number of aryl methyl sites for hydroxylation is 1. The van der Waals surface area contributed by atoms with Gasteiger partial charge in [-0.3, -0.25) is 9.71 Å². The summed E-state index contributed by atoms with van der Waals surface area (Å²) in [6.45, 7) is 1.84. The Hall–Kier alpha value is -4.10. The number of nitrogens with zero attached hydrogens (tertiary/aromatic N) is 2. The van der Waals surface area contributed by atoms with Gasteiger partial charge in [-0.25, -0.2) is 27.0 Å². The first-order valence-electron chi connectivity index (χ1n) is 9.90. The zero-order valence-electron chi connectivity index (χ0n) is 17.7. The number of aromatic nitrogens is 3. The van der Waals surface area contributed by atoms with Gasteiger partial charge in [-0.2, -0.15) is 4.37 Å². The van der Waals surface area contributed by atoms with Crippen molar-refractivity contribution < 1.29 is 26.4 Å². The highest BCUT2D eigenvalue weighted by Gasteiger charge is 2.24. The molecule has 0 unspecified atom stereocenters. The SMILES string of the molecule is Cc1ccc(Oc2cc(F)c(S(=O)(=O)Nc3ncns3)cc2F)c(-c2ccc3oc(=O)[nH]c3c2)c1. The Morgan fingerprint density at radius 3 is 2.66 bits per heavy atom. The molecule has 0 saturated heterocycles. The molecule has 2 N–H and O–H groups in total. The van der Waals surface area contributed by atoms with Gasteiger partial charge in [0.25, 0.3) is 10.0 Å². The number of sulfonamides is 1. The molecule has 0 radical (unpaired) electrons. The van der Waals surface area contributed by atoms with Crippen molar-refractivity contribution in [1.82, 2.24) is 14.3 Å². The standard InChI is InChI=1S/C22H14F2N4O5S2/c1-11-2-4-17(13(6-11)12-3-5-18-16(7-12)27-22(29)33-18)32-19-8-15(24)20(9-14(19)23)35(30,31)28-21-25-10-26-34-21/h2-10H,1H3,(H,27,29)(H,25,26,28). The lowest BCUT2D eigenvalue weighted by molar-refractivity contribution is 0.433. The number of fused-ring (bicyclic) bond motifs is 1. The van der Waals surface area contributed by atoms with Crippen molar-refractivity contribution in [3.05, 3.63) is 82.6 Å². The molecule has 178 valence electrons. The Labute approximate surface area is 200 Å². The van der Waals surface area contributed by atoms with Crippen molar-refractivity contribution in [2.75, 3.05) is 4.72 Å². The largest absolute Gasteiger partial charge is 0.454 e. The molecular formula is C22H14F2N4O5S2. The minimum Gasteiger partial charge on any atom is -0.454 e. The Balaban J connectivity index is 1.52. The van der Waals surface area contributed by atoms with Gasteiger partial charge in [0, 0.05) is 29.2 Å². The molecule has 0 aliphatic heterocycles. The summed E-state index contributed by atoms with van der Waals surface area (Å²) in [5.41, 5.74) is 2.83. The van der Waals surface area contributed by atoms with Crippen molar-refractivity contribution in [1.29, 1.82) is 0 Å². The molecule has 9 nitrogen and oxygen atoms in total. The van der Waals surface area contributed by atoms with E-state index in [9.17, 15) is 22.0 Å². The Bertz CT molecular complexity index is 1730. The number of rotatable bonds is 6. The Morgan fingerprint density at radius 1 is 1.06 bits per heavy atom. The Morgan fingerprint density at radius 2 is 1.89 bits per heavy atom. The smallest absolute Gasteiger partial charge is 0.417 e. The lowest BCUT2D eigenvalue weighted by atomic mass is 10.0. The highest BCUT2D eigenvalue weighted by atomic mass is 32.2. The molecule has 35 heavy (non-hydrogen) atoms. The molecule has 0 fully saturated rings. The molecule has 13 heteroatoms. The minimum absolute atomic E-state index is 0.0923. The van der Waals surface area contributed by atoms with Crippen LogP contribution in [0.3, 0.4) is 0 Å². The number of aromatic amines is 1. The number of benzene rings is 3. The molecular weight excluding hydrogens is 502 g/mol. The third kappa shape index (κ3) is 4.50. The van der Waals surface area contributed by atoms with Crippen LogP contribution in [0.5, 0.6) is 11.5 Å². The molecule has 0 atom stereocenters. The van der Waals surface area contributed by atoms with Crippen LogP contribution in [0.25, 0.3) is 22.2 Å². The number of ether oxygens (including phenoxy) is 1. The second-order valence-corrected chi connectivity index (χ2v) is 9.82. The highest BCUT2D eigenvalue weighted by molar-refractivity contribution is 7.93. The van der Waals surface area contributed by atoms with Gasteiger partial charge in [-0.15, -0.1) is 0 Å². The molecule has 2 heterocycles. The lowest BCUT2D eigenvalue weighted by Crippen LogP contribution is -2.15. The summed E-state index contributed by atoms with van der Waals surface area (Å²) in [7, 11) is -4.45. The predicted molar refractivity (Wildman–Crippen MR) is 124 cm³/mol. The fraction of sp³-hybridized carbons (Fsp3) is 0.0455. The van der Waals surface area contributed by atoms with E-state index in [-0.39, 0.29) is 10.9 Å². The maximum absolute atomic E-state index is 14.9. The highest BCUT2D eigenvalue weighted by Crippen LogP contribution is 2.37. The van der Waals surface area contributed by atoms with Crippen LogP contribution in [0, 0.1) is 18.6 Å². The summed E-state index contributed by atoms with van der Waals surface area (Å²) in [6.07, 6.45) is 1.12. The topological polar surface area (TPSA) is 127 Å². The normalized spacial score (nSPS) is 11.6. The van der Waals surface area contributed by atoms with E-state index in [4.69, 9.17) is 9.15 Å². The predicted octanol–water partition coefficient (Wildman–Crippen LogP) is 4.82. The van der Waals surface area contributed by atoms with Crippen LogP contribution >= 0.6 is 11.5 Å². The first-order valence-corrected chi connectivity index (χ1v) is 12.2. The number of anilines is 1. The van der Waals surface area contributed by atoms with E-state index in [1.165, 1.54) is 0 Å². The summed E-state index contributed by atoms with van der Waals surface area (Å²) in [5.74, 6) is -3.25. The molecule has 2 aromatic heterocycles. The van der Waals surface area contributed by atoms with Crippen LogP contribution in [0.2, 0.25) is 0 Å². The Kier molecular flexibility index (Phi) is 5.57. The molecule has 5 rings (SSSR count). The third-order valence-corrected chi connectivity index (χ3v) is 7.01. The maximum Gasteiger partial charge on any atom is 0.417 e. The summed E-state index contributed by atoms with van der Waals surface area (Å²) in [4.78, 5) is 16.8. The average molecular weight is 517 g/mol. The van der Waals surface area contributed by atoms with E-state index in [0.29, 0.717) is 34.4 Å². The van der Waals surface area contributed by atoms with Crippen molar-refractivity contribution in [2.45, 2.75) is 11.8 Å². The monoisotopic (exact) mass is 516 g/mol. The van der Waals surface area contributed by atoms with Crippen LogP contribution in [-0.2, 0) is 10.0 Å². The minimum atomic E-state index is -4.45. The van der Waals surface area contributed by atoms with Crippen molar-refractivity contribution in [2.24, 2.45) is 0 Å². The van der Waals surface area contributed by atoms with E-state index in [0.717, 1.165) is 23.4 Å². The molecule has 0 amide bonds. The number of nitrogens with one attached hydrogen (secondary N) is 2. The number of hydrogen-bond donors (Lipinski definition) is 2. The van der Waals surface area contributed by atoms with Gasteiger partial charge < -0.3 is 9.15 Å². The van der Waals surface area contributed by atoms with Crippen molar-refractivity contribution in [3.8, 4) is 22.6 Å². The first kappa shape index (κ1) is 22.7. The molecule has 0 aliphatic carbocycles. The maximum atomic E-state index is 14.9. The van der Waals surface area contributed by atoms with E-state index in [2.05, 4.69) is 14.3 Å². The van der Waals surface area contributed by atoms with Crippen LogP contribution in [0.15, 0.2) is 69.0 Å². The van der Waals surface area contributed by atoms with Gasteiger partial charge in [-0.1, -0.05) is 17.7 Å². The quantitative estimate of drug-likeness (QED) is 0.331. The van der Waals surface area contributed by atoms with Gasteiger partial charge in [0.1, 0.15) is 22.8 Å². The summed E-state index contributed by atoms with van der Waals surface area (Å²) < 4.78 is 71.0. The molecule has 0 aliphatic rings. The van der Waals surface area contributed by atoms with Gasteiger partial charge in [0.05, 0.1) is 5.52 Å². The van der Waals surface area contributed by atoms with E-state index in [1.807, 2.05) is 11.6 Å². The van der Waals surface area contributed by atoms with Crippen LogP contribution in [-0.4, -0.2) is 22.8 Å². The zero-order chi connectivity index (χ0) is 24.7. The van der Waals surface area contributed by atoms with Gasteiger partial charge >= 0.3 is 5.76 Å². The number of H-pyrrole nitrogens is 1. The van der Waals surface area contributed by atoms with Crippen molar-refractivity contribution in [3.63, 3.8) is 0 Å². The molecule has 5 aromatic rings. The molecule has 0 bridgehead atoms. The molecule has 3 aromatic carbocycles. The van der Waals surface area contributed by atoms with E-state index < -0.39 is 38.1 Å². The molecule has 0 spiro atoms. The van der Waals surface area contributed by atoms with Gasteiger partial charge in [0.2, 0.25) is 5.13 Å². The van der Waals surface area contributed by atoms with E-state index >= 15 is 0 Å². The summed E-state index contributed by atoms with van der Waals surface area (Å²) in [5, 5.41) is -0.0923. The first-order chi connectivity index (χ1) is 16.7. The number of hydrogen-bond acceptors (Lipinski definition) is 8. The van der Waals surface area contributed by atoms with Crippen LogP contribution < -0.4 is 15.2 Å². The fourth-order valence-corrected chi connectivity index (χ4v) is 5.11. The molecule has 0 saturated carbocycles. The zero-order valence-corrected chi connectivity index (χ0v) is 19.3. The summed E-state index contributed by atoms with van der Waals surface area (Å²) in [6, 6.07) is 11.2.